The molecule has 0 saturated heterocycles. The van der Waals surface area contributed by atoms with Crippen LogP contribution in [0.5, 0.6) is 0 Å². The van der Waals surface area contributed by atoms with Gasteiger partial charge in [0.1, 0.15) is 0 Å². The van der Waals surface area contributed by atoms with Crippen molar-refractivity contribution in [2.45, 2.75) is 65.7 Å². The molecule has 1 aromatic rings. The summed E-state index contributed by atoms with van der Waals surface area (Å²) < 4.78 is 81.0. The van der Waals surface area contributed by atoms with Crippen LogP contribution in [0.2, 0.25) is 0 Å². The van der Waals surface area contributed by atoms with E-state index >= 15 is 0 Å². The van der Waals surface area contributed by atoms with Crippen LogP contribution in [0.25, 0.3) is 5.57 Å². The topological polar surface area (TPSA) is 0 Å². The first kappa shape index (κ1) is 25.8. The van der Waals surface area contributed by atoms with Gasteiger partial charge in [0.15, 0.2) is 0 Å². The summed E-state index contributed by atoms with van der Waals surface area (Å²) in [7, 11) is 0. The van der Waals surface area contributed by atoms with Crippen LogP contribution in [0.15, 0.2) is 70.9 Å². The molecule has 0 N–H and O–H groups in total. The Hall–Kier alpha value is -2.50. The highest BCUT2D eigenvalue weighted by molar-refractivity contribution is 5.76. The lowest BCUT2D eigenvalue weighted by molar-refractivity contribution is -0.137. The molecule has 0 saturated carbocycles. The maximum Gasteiger partial charge on any atom is 0.416 e. The zero-order chi connectivity index (χ0) is 24.3. The van der Waals surface area contributed by atoms with Gasteiger partial charge in [0, 0.05) is 0 Å². The van der Waals surface area contributed by atoms with E-state index in [4.69, 9.17) is 0 Å². The second-order valence-electron chi connectivity index (χ2n) is 7.96. The zero-order valence-electron chi connectivity index (χ0n) is 18.8. The van der Waals surface area contributed by atoms with Crippen molar-refractivity contribution in [2.24, 2.45) is 0 Å². The van der Waals surface area contributed by atoms with E-state index in [-0.39, 0.29) is 0 Å². The highest BCUT2D eigenvalue weighted by atomic mass is 19.4. The van der Waals surface area contributed by atoms with E-state index < -0.39 is 23.5 Å². The van der Waals surface area contributed by atoms with Gasteiger partial charge in [-0.1, -0.05) is 25.6 Å². The summed E-state index contributed by atoms with van der Waals surface area (Å²) in [5.74, 6) is 0. The minimum absolute atomic E-state index is 0.412. The van der Waals surface area contributed by atoms with Crippen LogP contribution in [-0.4, -0.2) is 6.18 Å². The summed E-state index contributed by atoms with van der Waals surface area (Å²) in [4.78, 5) is 0. The summed E-state index contributed by atoms with van der Waals surface area (Å²) in [5.41, 5.74) is 2.34. The first-order valence-electron chi connectivity index (χ1n) is 10.5. The molecule has 0 amide bonds. The summed E-state index contributed by atoms with van der Waals surface area (Å²) >= 11 is 0. The zero-order valence-corrected chi connectivity index (χ0v) is 18.8. The minimum atomic E-state index is -4.57. The van der Waals surface area contributed by atoms with Crippen LogP contribution < -0.4 is 0 Å². The van der Waals surface area contributed by atoms with Crippen LogP contribution in [0.1, 0.15) is 63.1 Å². The molecule has 174 valence electrons. The van der Waals surface area contributed by atoms with Crippen molar-refractivity contribution in [1.82, 2.24) is 0 Å². The Morgan fingerprint density at radius 3 is 2.25 bits per heavy atom. The molecule has 2 rings (SSSR count). The highest BCUT2D eigenvalue weighted by Gasteiger charge is 2.34. The normalized spacial score (nSPS) is 16.8. The van der Waals surface area contributed by atoms with E-state index in [2.05, 4.69) is 6.58 Å². The Kier molecular flexibility index (Phi) is 8.02. The van der Waals surface area contributed by atoms with E-state index in [1.54, 1.807) is 26.8 Å². The fraction of sp³-hybridized carbons (Fsp3) is 0.385. The second-order valence-corrected chi connectivity index (χ2v) is 7.96. The molecule has 1 aromatic carbocycles. The maximum atomic E-state index is 13.8. The van der Waals surface area contributed by atoms with Crippen molar-refractivity contribution in [2.75, 3.05) is 0 Å². The van der Waals surface area contributed by atoms with Crippen molar-refractivity contribution in [3.8, 4) is 0 Å². The summed E-state index contributed by atoms with van der Waals surface area (Å²) in [6.45, 7) is 10.6. The maximum absolute atomic E-state index is 13.8. The molecule has 0 unspecified atom stereocenters. The third kappa shape index (κ3) is 6.05. The average molecular weight is 454 g/mol. The van der Waals surface area contributed by atoms with Crippen molar-refractivity contribution in [3.05, 3.63) is 87.6 Å². The predicted octanol–water partition coefficient (Wildman–Crippen LogP) is 9.30. The monoisotopic (exact) mass is 454 g/mol. The molecule has 0 atom stereocenters. The first-order valence-corrected chi connectivity index (χ1v) is 10.5. The van der Waals surface area contributed by atoms with E-state index in [1.807, 2.05) is 6.92 Å². The smallest absolute Gasteiger partial charge is 0.166 e. The number of rotatable bonds is 6. The van der Waals surface area contributed by atoms with Crippen molar-refractivity contribution in [1.29, 1.82) is 0 Å². The molecule has 0 aromatic heterocycles. The fourth-order valence-corrected chi connectivity index (χ4v) is 3.89. The quantitative estimate of drug-likeness (QED) is 0.297. The number of allylic oxidation sites excluding steroid dienone is 9. The lowest BCUT2D eigenvalue weighted by atomic mass is 9.92. The molecule has 6 heteroatoms. The molecule has 0 heterocycles. The predicted molar refractivity (Wildman–Crippen MR) is 118 cm³/mol. The summed E-state index contributed by atoms with van der Waals surface area (Å²) in [6.07, 6.45) is -3.03. The molecule has 0 spiro atoms. The van der Waals surface area contributed by atoms with E-state index in [9.17, 15) is 26.3 Å². The molecular formula is C26H28F6. The van der Waals surface area contributed by atoms with Gasteiger partial charge in [-0.15, -0.1) is 0 Å². The second kappa shape index (κ2) is 9.97. The number of benzene rings is 1. The number of hydrogen-bond acceptors (Lipinski definition) is 0. The van der Waals surface area contributed by atoms with Gasteiger partial charge in [-0.05, 0) is 110 Å². The van der Waals surface area contributed by atoms with Gasteiger partial charge in [-0.3, -0.25) is 0 Å². The third-order valence-corrected chi connectivity index (χ3v) is 5.74. The van der Waals surface area contributed by atoms with Gasteiger partial charge in [0.2, 0.25) is 0 Å². The van der Waals surface area contributed by atoms with Crippen molar-refractivity contribution < 1.29 is 26.3 Å². The number of aryl methyl sites for hydroxylation is 1. The Morgan fingerprint density at radius 1 is 1.06 bits per heavy atom. The lowest BCUT2D eigenvalue weighted by Crippen LogP contribution is -2.11. The third-order valence-electron chi connectivity index (χ3n) is 5.74. The molecule has 0 fully saturated rings. The largest absolute Gasteiger partial charge is 0.416 e. The summed E-state index contributed by atoms with van der Waals surface area (Å²) in [5, 5.41) is 0. The van der Waals surface area contributed by atoms with E-state index in [1.165, 1.54) is 6.07 Å². The van der Waals surface area contributed by atoms with Crippen LogP contribution in [0, 0.1) is 6.92 Å². The van der Waals surface area contributed by atoms with Crippen molar-refractivity contribution >= 4 is 5.57 Å². The van der Waals surface area contributed by atoms with Crippen LogP contribution in [0.4, 0.5) is 26.3 Å². The average Bonchev–Trinajstić information content (AvgIpc) is 3.18. The molecule has 0 radical (unpaired) electrons. The Bertz CT molecular complexity index is 994. The molecule has 1 aliphatic carbocycles. The van der Waals surface area contributed by atoms with Crippen molar-refractivity contribution in [3.63, 3.8) is 0 Å². The lowest BCUT2D eigenvalue weighted by Gasteiger charge is -2.16. The van der Waals surface area contributed by atoms with Gasteiger partial charge >= 0.3 is 12.4 Å². The van der Waals surface area contributed by atoms with Gasteiger partial charge in [-0.25, -0.2) is 0 Å². The fourth-order valence-electron chi connectivity index (χ4n) is 3.89. The van der Waals surface area contributed by atoms with E-state index in [0.717, 1.165) is 24.3 Å². The SMILES string of the molecule is C=C(CC)C(=C\C)/C=C(\C=C(/C)C1=C(c2cc(C(F)(F)F)ccc2C)CCC1)C(F)(F)F. The van der Waals surface area contributed by atoms with Crippen LogP contribution in [-0.2, 0) is 6.18 Å². The summed E-state index contributed by atoms with van der Waals surface area (Å²) in [6, 6.07) is 3.54. The molecule has 32 heavy (non-hydrogen) atoms. The molecule has 1 aliphatic rings. The Balaban J connectivity index is 2.61. The Labute approximate surface area is 185 Å². The Morgan fingerprint density at radius 2 is 1.72 bits per heavy atom. The molecular weight excluding hydrogens is 426 g/mol. The standard InChI is InChI=1S/C26H28F6/c1-6-16(3)19(7-2)14-21(26(30,31)32)13-18(5)22-9-8-10-23(22)24-15-20(25(27,28)29)12-11-17(24)4/h7,11-15H,3,6,8-10H2,1-2,4-5H3/b18-13+,19-7-,21-14+. The van der Waals surface area contributed by atoms with Gasteiger partial charge in [0.25, 0.3) is 0 Å². The minimum Gasteiger partial charge on any atom is -0.166 e. The number of alkyl halides is 6. The molecule has 0 nitrogen and oxygen atoms in total. The number of halogens is 6. The number of hydrogen-bond donors (Lipinski definition) is 0. The first-order chi connectivity index (χ1) is 14.8. The molecule has 0 bridgehead atoms. The van der Waals surface area contributed by atoms with Gasteiger partial charge < -0.3 is 0 Å². The van der Waals surface area contributed by atoms with Gasteiger partial charge in [-0.2, -0.15) is 26.3 Å². The molecule has 0 aliphatic heterocycles. The van der Waals surface area contributed by atoms with E-state index in [0.29, 0.717) is 64.7 Å². The highest BCUT2D eigenvalue weighted by Crippen LogP contribution is 2.42. The van der Waals surface area contributed by atoms with Crippen LogP contribution in [0.3, 0.4) is 0 Å². The van der Waals surface area contributed by atoms with Gasteiger partial charge in [0.05, 0.1) is 11.1 Å². The van der Waals surface area contributed by atoms with Crippen LogP contribution >= 0.6 is 0 Å².